The van der Waals surface area contributed by atoms with Crippen LogP contribution in [0.1, 0.15) is 19.8 Å². The smallest absolute Gasteiger partial charge is 0.317 e. The van der Waals surface area contributed by atoms with Crippen LogP contribution in [0.3, 0.4) is 0 Å². The minimum Gasteiger partial charge on any atom is -0.317 e. The monoisotopic (exact) mass is 240 g/mol. The van der Waals surface area contributed by atoms with Crippen LogP contribution in [0.15, 0.2) is 17.2 Å². The Morgan fingerprint density at radius 1 is 1.53 bits per heavy atom. The van der Waals surface area contributed by atoms with Gasteiger partial charge in [-0.2, -0.15) is 4.98 Å². The fourth-order valence-corrected chi connectivity index (χ4v) is 1.41. The van der Waals surface area contributed by atoms with Crippen LogP contribution in [-0.4, -0.2) is 27.6 Å². The molecule has 0 aromatic carbocycles. The average molecular weight is 240 g/mol. The molecule has 0 fully saturated rings. The molecule has 0 saturated carbocycles. The summed E-state index contributed by atoms with van der Waals surface area (Å²) in [7, 11) is 0. The van der Waals surface area contributed by atoms with Crippen LogP contribution in [0.5, 0.6) is 0 Å². The van der Waals surface area contributed by atoms with Crippen LogP contribution < -0.4 is 11.0 Å². The maximum Gasteiger partial charge on any atom is 0.347 e. The van der Waals surface area contributed by atoms with E-state index < -0.39 is 10.6 Å². The molecular formula is C10H16N4O3. The van der Waals surface area contributed by atoms with E-state index in [0.717, 1.165) is 32.1 Å². The van der Waals surface area contributed by atoms with E-state index in [1.54, 1.807) is 0 Å². The van der Waals surface area contributed by atoms with Crippen LogP contribution in [0, 0.1) is 10.1 Å². The largest absolute Gasteiger partial charge is 0.347 e. The molecule has 0 amide bonds. The summed E-state index contributed by atoms with van der Waals surface area (Å²) in [6.45, 7) is 4.28. The summed E-state index contributed by atoms with van der Waals surface area (Å²) in [5.41, 5.74) is -0.602. The molecule has 0 radical (unpaired) electrons. The van der Waals surface area contributed by atoms with Crippen LogP contribution >= 0.6 is 0 Å². The minimum absolute atomic E-state index is 0.156. The van der Waals surface area contributed by atoms with Gasteiger partial charge in [0, 0.05) is 6.54 Å². The second-order valence-electron chi connectivity index (χ2n) is 3.61. The predicted molar refractivity (Wildman–Crippen MR) is 62.9 cm³/mol. The first kappa shape index (κ1) is 13.3. The molecule has 1 rings (SSSR count). The first-order chi connectivity index (χ1) is 8.15. The summed E-state index contributed by atoms with van der Waals surface area (Å²) in [4.78, 5) is 24.8. The van der Waals surface area contributed by atoms with Gasteiger partial charge in [-0.1, -0.05) is 6.92 Å². The number of nitrogens with zero attached hydrogens (tertiary/aromatic N) is 3. The second-order valence-corrected chi connectivity index (χ2v) is 3.61. The number of unbranched alkanes of at least 4 members (excludes halogenated alkanes) is 1. The molecule has 1 heterocycles. The molecule has 7 heteroatoms. The molecule has 0 bridgehead atoms. The Labute approximate surface area is 98.6 Å². The van der Waals surface area contributed by atoms with Gasteiger partial charge in [-0.05, 0) is 25.9 Å². The van der Waals surface area contributed by atoms with Crippen molar-refractivity contribution in [1.82, 2.24) is 14.9 Å². The van der Waals surface area contributed by atoms with Crippen LogP contribution in [-0.2, 0) is 6.54 Å². The van der Waals surface area contributed by atoms with Crippen molar-refractivity contribution in [2.75, 3.05) is 13.1 Å². The van der Waals surface area contributed by atoms with Crippen molar-refractivity contribution < 1.29 is 4.92 Å². The normalized spacial score (nSPS) is 10.4. The van der Waals surface area contributed by atoms with Crippen LogP contribution in [0.2, 0.25) is 0 Å². The van der Waals surface area contributed by atoms with Crippen molar-refractivity contribution in [2.45, 2.75) is 26.3 Å². The predicted octanol–water partition coefficient (Wildman–Crippen LogP) is 0.541. The number of hydrogen-bond donors (Lipinski definition) is 1. The third kappa shape index (κ3) is 4.31. The van der Waals surface area contributed by atoms with E-state index >= 15 is 0 Å². The van der Waals surface area contributed by atoms with Crippen molar-refractivity contribution >= 4 is 5.69 Å². The summed E-state index contributed by atoms with van der Waals surface area (Å²) in [5.74, 6) is 0. The number of nitrogens with one attached hydrogen (secondary N) is 1. The fraction of sp³-hybridized carbons (Fsp3) is 0.600. The maximum atomic E-state index is 11.3. The van der Waals surface area contributed by atoms with E-state index in [1.165, 1.54) is 10.8 Å². The summed E-state index contributed by atoms with van der Waals surface area (Å²) in [6, 6.07) is 0. The zero-order valence-corrected chi connectivity index (χ0v) is 9.76. The SMILES string of the molecule is CCNCCCCn1cc([N+](=O)[O-])cnc1=O. The first-order valence-corrected chi connectivity index (χ1v) is 5.56. The number of aryl methyl sites for hydroxylation is 1. The second kappa shape index (κ2) is 6.74. The molecule has 1 N–H and O–H groups in total. The molecule has 0 unspecified atom stereocenters. The fourth-order valence-electron chi connectivity index (χ4n) is 1.41. The van der Waals surface area contributed by atoms with Crippen LogP contribution in [0.4, 0.5) is 5.69 Å². The standard InChI is InChI=1S/C10H16N4O3/c1-2-11-5-3-4-6-13-8-9(14(16)17)7-12-10(13)15/h7-8,11H,2-6H2,1H3. The van der Waals surface area contributed by atoms with Crippen molar-refractivity contribution in [3.63, 3.8) is 0 Å². The highest BCUT2D eigenvalue weighted by Crippen LogP contribution is 2.05. The van der Waals surface area contributed by atoms with Crippen molar-refractivity contribution in [3.05, 3.63) is 33.0 Å². The van der Waals surface area contributed by atoms with Gasteiger partial charge in [0.1, 0.15) is 6.20 Å². The number of rotatable bonds is 7. The Bertz CT molecular complexity index is 430. The lowest BCUT2D eigenvalue weighted by atomic mass is 10.3. The van der Waals surface area contributed by atoms with E-state index in [9.17, 15) is 14.9 Å². The summed E-state index contributed by atoms with van der Waals surface area (Å²) < 4.78 is 1.28. The van der Waals surface area contributed by atoms with Gasteiger partial charge in [0.05, 0.1) is 11.1 Å². The Hall–Kier alpha value is -1.76. The van der Waals surface area contributed by atoms with Crippen molar-refractivity contribution in [2.24, 2.45) is 0 Å². The molecule has 1 aromatic heterocycles. The van der Waals surface area contributed by atoms with E-state index in [0.29, 0.717) is 6.54 Å². The highest BCUT2D eigenvalue weighted by molar-refractivity contribution is 5.20. The number of nitro groups is 1. The molecular weight excluding hydrogens is 224 g/mol. The molecule has 0 aliphatic heterocycles. The quantitative estimate of drug-likeness (QED) is 0.427. The molecule has 0 aliphatic carbocycles. The van der Waals surface area contributed by atoms with E-state index in [4.69, 9.17) is 0 Å². The van der Waals surface area contributed by atoms with E-state index in [-0.39, 0.29) is 5.69 Å². The Morgan fingerprint density at radius 2 is 2.29 bits per heavy atom. The average Bonchev–Trinajstić information content (AvgIpc) is 2.30. The highest BCUT2D eigenvalue weighted by atomic mass is 16.6. The molecule has 0 spiro atoms. The lowest BCUT2D eigenvalue weighted by Crippen LogP contribution is -2.23. The lowest BCUT2D eigenvalue weighted by molar-refractivity contribution is -0.385. The molecule has 0 aliphatic rings. The molecule has 17 heavy (non-hydrogen) atoms. The Kier molecular flexibility index (Phi) is 5.28. The lowest BCUT2D eigenvalue weighted by Gasteiger charge is -2.04. The topological polar surface area (TPSA) is 90.1 Å². The van der Waals surface area contributed by atoms with E-state index in [2.05, 4.69) is 10.3 Å². The Balaban J connectivity index is 2.55. The van der Waals surface area contributed by atoms with Gasteiger partial charge in [0.25, 0.3) is 0 Å². The van der Waals surface area contributed by atoms with Gasteiger partial charge in [-0.3, -0.25) is 14.7 Å². The van der Waals surface area contributed by atoms with Gasteiger partial charge in [0.2, 0.25) is 0 Å². The molecule has 0 saturated heterocycles. The summed E-state index contributed by atoms with van der Waals surface area (Å²) >= 11 is 0. The molecule has 0 atom stereocenters. The number of aromatic nitrogens is 2. The maximum absolute atomic E-state index is 11.3. The highest BCUT2D eigenvalue weighted by Gasteiger charge is 2.08. The molecule has 94 valence electrons. The van der Waals surface area contributed by atoms with Crippen LogP contribution in [0.25, 0.3) is 0 Å². The van der Waals surface area contributed by atoms with Gasteiger partial charge in [0.15, 0.2) is 0 Å². The van der Waals surface area contributed by atoms with Gasteiger partial charge >= 0.3 is 11.4 Å². The third-order valence-corrected chi connectivity index (χ3v) is 2.30. The first-order valence-electron chi connectivity index (χ1n) is 5.56. The van der Waals surface area contributed by atoms with Crippen molar-refractivity contribution in [3.8, 4) is 0 Å². The number of hydrogen-bond acceptors (Lipinski definition) is 5. The summed E-state index contributed by atoms with van der Waals surface area (Å²) in [5, 5.41) is 13.7. The molecule has 1 aromatic rings. The van der Waals surface area contributed by atoms with Gasteiger partial charge in [-0.25, -0.2) is 4.79 Å². The third-order valence-electron chi connectivity index (χ3n) is 2.30. The Morgan fingerprint density at radius 3 is 2.94 bits per heavy atom. The van der Waals surface area contributed by atoms with Gasteiger partial charge in [-0.15, -0.1) is 0 Å². The van der Waals surface area contributed by atoms with Crippen molar-refractivity contribution in [1.29, 1.82) is 0 Å². The van der Waals surface area contributed by atoms with E-state index in [1.807, 2.05) is 6.92 Å². The minimum atomic E-state index is -0.554. The zero-order valence-electron chi connectivity index (χ0n) is 9.76. The summed E-state index contributed by atoms with van der Waals surface area (Å²) in [6.07, 6.45) is 3.93. The molecule has 7 nitrogen and oxygen atoms in total. The zero-order chi connectivity index (χ0) is 12.7. The van der Waals surface area contributed by atoms with Gasteiger partial charge < -0.3 is 5.32 Å².